The minimum atomic E-state index is 0. The maximum atomic E-state index is 3.68. The van der Waals surface area contributed by atoms with Crippen LogP contribution in [0.15, 0.2) is 35.0 Å². The van der Waals surface area contributed by atoms with Crippen LogP contribution in [0.4, 0.5) is 0 Å². The van der Waals surface area contributed by atoms with Crippen LogP contribution in [0.5, 0.6) is 0 Å². The molecule has 2 aromatic heterocycles. The lowest BCUT2D eigenvalue weighted by Crippen LogP contribution is -2.43. The zero-order valence-electron chi connectivity index (χ0n) is 17.5. The van der Waals surface area contributed by atoms with Gasteiger partial charge in [-0.3, -0.25) is 0 Å². The van der Waals surface area contributed by atoms with Crippen molar-refractivity contribution in [2.45, 2.75) is 63.1 Å². The van der Waals surface area contributed by atoms with Crippen LogP contribution in [-0.4, -0.2) is 24.2 Å². The molecule has 0 saturated carbocycles. The lowest BCUT2D eigenvalue weighted by atomic mass is 9.99. The molecule has 2 nitrogen and oxygen atoms in total. The van der Waals surface area contributed by atoms with Crippen LogP contribution in [0.25, 0.3) is 0 Å². The van der Waals surface area contributed by atoms with Gasteiger partial charge in [-0.25, -0.2) is 0 Å². The molecule has 0 aliphatic heterocycles. The molecule has 28 heavy (non-hydrogen) atoms. The number of nitrogens with one attached hydrogen (secondary N) is 2. The van der Waals surface area contributed by atoms with Gasteiger partial charge in [0.2, 0.25) is 0 Å². The Morgan fingerprint density at radius 3 is 1.50 bits per heavy atom. The van der Waals surface area contributed by atoms with Gasteiger partial charge in [0, 0.05) is 20.8 Å². The summed E-state index contributed by atoms with van der Waals surface area (Å²) < 4.78 is 0. The summed E-state index contributed by atoms with van der Waals surface area (Å²) in [4.78, 5) is 2.88. The fourth-order valence-electron chi connectivity index (χ4n) is 3.13. The van der Waals surface area contributed by atoms with Crippen molar-refractivity contribution in [2.24, 2.45) is 0 Å². The predicted octanol–water partition coefficient (Wildman–Crippen LogP) is 7.82. The SMILES string of the molecule is CCNC(C)(C)C(SSSC(c1cccs1)C(C)(C)NCC)c1cccs1.Cl. The van der Waals surface area contributed by atoms with Gasteiger partial charge in [0.1, 0.15) is 0 Å². The van der Waals surface area contributed by atoms with E-state index in [1.54, 1.807) is 0 Å². The van der Waals surface area contributed by atoms with Gasteiger partial charge >= 0.3 is 0 Å². The molecule has 2 heterocycles. The van der Waals surface area contributed by atoms with E-state index in [-0.39, 0.29) is 23.5 Å². The van der Waals surface area contributed by atoms with Gasteiger partial charge in [0.25, 0.3) is 0 Å². The van der Waals surface area contributed by atoms with Crippen LogP contribution in [0.2, 0.25) is 0 Å². The highest BCUT2D eigenvalue weighted by Crippen LogP contribution is 2.56. The summed E-state index contributed by atoms with van der Waals surface area (Å²) >= 11 is 3.72. The van der Waals surface area contributed by atoms with E-state index < -0.39 is 0 Å². The van der Waals surface area contributed by atoms with Crippen molar-refractivity contribution < 1.29 is 0 Å². The van der Waals surface area contributed by atoms with Crippen LogP contribution in [-0.2, 0) is 0 Å². The van der Waals surface area contributed by atoms with Crippen LogP contribution in [0.1, 0.15) is 61.8 Å². The van der Waals surface area contributed by atoms with Gasteiger partial charge in [0.15, 0.2) is 0 Å². The molecule has 0 fully saturated rings. The topological polar surface area (TPSA) is 24.1 Å². The second-order valence-corrected chi connectivity index (χ2v) is 13.8. The predicted molar refractivity (Wildman–Crippen MR) is 140 cm³/mol. The maximum absolute atomic E-state index is 3.68. The van der Waals surface area contributed by atoms with Crippen molar-refractivity contribution in [2.75, 3.05) is 13.1 Å². The lowest BCUT2D eigenvalue weighted by molar-refractivity contribution is 0.393. The Hall–Kier alpha value is 0.660. The van der Waals surface area contributed by atoms with E-state index in [2.05, 4.69) is 87.2 Å². The molecule has 8 heteroatoms. The van der Waals surface area contributed by atoms with Crippen LogP contribution in [0.3, 0.4) is 0 Å². The zero-order chi connectivity index (χ0) is 19.9. The highest BCUT2D eigenvalue weighted by Gasteiger charge is 2.35. The molecule has 0 aliphatic carbocycles. The van der Waals surface area contributed by atoms with Crippen molar-refractivity contribution >= 4 is 66.5 Å². The van der Waals surface area contributed by atoms with Crippen molar-refractivity contribution in [3.05, 3.63) is 44.8 Å². The van der Waals surface area contributed by atoms with E-state index in [0.29, 0.717) is 10.5 Å². The molecular formula is C20H33ClN2S5. The third-order valence-corrected chi connectivity index (χ3v) is 11.9. The van der Waals surface area contributed by atoms with Crippen molar-refractivity contribution in [1.82, 2.24) is 10.6 Å². The third-order valence-electron chi connectivity index (χ3n) is 4.45. The van der Waals surface area contributed by atoms with Crippen molar-refractivity contribution in [3.63, 3.8) is 0 Å². The summed E-state index contributed by atoms with van der Waals surface area (Å²) in [5.74, 6) is 0. The normalized spacial score (nSPS) is 14.5. The number of hydrogen-bond acceptors (Lipinski definition) is 7. The van der Waals surface area contributed by atoms with Gasteiger partial charge in [0.05, 0.1) is 10.5 Å². The Morgan fingerprint density at radius 1 is 0.821 bits per heavy atom. The van der Waals surface area contributed by atoms with Gasteiger partial charge in [-0.15, -0.1) is 35.1 Å². The quantitative estimate of drug-likeness (QED) is 0.291. The van der Waals surface area contributed by atoms with E-state index in [4.69, 9.17) is 0 Å². The highest BCUT2D eigenvalue weighted by atomic mass is 35.5. The minimum absolute atomic E-state index is 0. The Bertz CT molecular complexity index is 587. The van der Waals surface area contributed by atoms with Gasteiger partial charge < -0.3 is 10.6 Å². The molecule has 0 aliphatic rings. The monoisotopic (exact) mass is 496 g/mol. The molecule has 2 N–H and O–H groups in total. The molecule has 160 valence electrons. The van der Waals surface area contributed by atoms with Crippen LogP contribution < -0.4 is 10.6 Å². The first-order valence-electron chi connectivity index (χ1n) is 9.37. The van der Waals surface area contributed by atoms with Crippen LogP contribution >= 0.6 is 66.5 Å². The zero-order valence-corrected chi connectivity index (χ0v) is 22.4. The number of hydrogen-bond donors (Lipinski definition) is 2. The molecule has 2 atom stereocenters. The second kappa shape index (κ2) is 12.5. The fourth-order valence-corrected chi connectivity index (χ4v) is 11.6. The first kappa shape index (κ1) is 26.7. The second-order valence-electron chi connectivity index (χ2n) is 7.56. The van der Waals surface area contributed by atoms with E-state index in [1.807, 2.05) is 54.1 Å². The summed E-state index contributed by atoms with van der Waals surface area (Å²) in [6.45, 7) is 15.6. The average Bonchev–Trinajstić information content (AvgIpc) is 3.27. The number of likely N-dealkylation sites (N-methyl/N-ethyl adjacent to an activating group) is 2. The van der Waals surface area contributed by atoms with Crippen molar-refractivity contribution in [1.29, 1.82) is 0 Å². The lowest BCUT2D eigenvalue weighted by Gasteiger charge is -2.36. The van der Waals surface area contributed by atoms with Gasteiger partial charge in [-0.1, -0.05) is 47.6 Å². The maximum Gasteiger partial charge on any atom is 0.0679 e. The van der Waals surface area contributed by atoms with E-state index >= 15 is 0 Å². The summed E-state index contributed by atoms with van der Waals surface area (Å²) in [6, 6.07) is 8.87. The molecule has 2 rings (SSSR count). The molecule has 0 bridgehead atoms. The molecule has 2 unspecified atom stereocenters. The summed E-state index contributed by atoms with van der Waals surface area (Å²) in [5.41, 5.74) is 0.0981. The Balaban J connectivity index is 0.00000392. The third kappa shape index (κ3) is 7.41. The fraction of sp³-hybridized carbons (Fsp3) is 0.600. The Morgan fingerprint density at radius 2 is 1.21 bits per heavy atom. The number of halogens is 1. The number of thiophene rings is 2. The molecule has 0 spiro atoms. The molecular weight excluding hydrogens is 464 g/mol. The summed E-state index contributed by atoms with van der Waals surface area (Å²) in [7, 11) is 5.92. The van der Waals surface area contributed by atoms with Gasteiger partial charge in [-0.05, 0) is 73.5 Å². The van der Waals surface area contributed by atoms with Crippen molar-refractivity contribution in [3.8, 4) is 0 Å². The molecule has 2 aromatic rings. The largest absolute Gasteiger partial charge is 0.311 e. The minimum Gasteiger partial charge on any atom is -0.311 e. The molecule has 0 amide bonds. The molecule has 0 radical (unpaired) electrons. The standard InChI is InChI=1S/C20H32N2S5.ClH/c1-7-21-19(3,4)17(15-11-9-13-23-15)25-27-26-18(16-12-10-14-24-16)20(5,6)22-8-2;/h9-14,17-18,21-22H,7-8H2,1-6H3;1H. The number of rotatable bonds is 12. The van der Waals surface area contributed by atoms with Crippen LogP contribution in [0, 0.1) is 0 Å². The summed E-state index contributed by atoms with van der Waals surface area (Å²) in [5, 5.41) is 12.6. The molecule has 0 saturated heterocycles. The smallest absolute Gasteiger partial charge is 0.0679 e. The van der Waals surface area contributed by atoms with Gasteiger partial charge in [-0.2, -0.15) is 0 Å². The van der Waals surface area contributed by atoms with E-state index in [1.165, 1.54) is 9.75 Å². The highest BCUT2D eigenvalue weighted by molar-refractivity contribution is 9.09. The summed E-state index contributed by atoms with van der Waals surface area (Å²) in [6.07, 6.45) is 0. The average molecular weight is 497 g/mol. The Labute approximate surface area is 197 Å². The van der Waals surface area contributed by atoms with E-state index in [9.17, 15) is 0 Å². The van der Waals surface area contributed by atoms with E-state index in [0.717, 1.165) is 13.1 Å². The molecule has 0 aromatic carbocycles. The Kier molecular flexibility index (Phi) is 11.9. The first-order valence-corrected chi connectivity index (χ1v) is 14.7. The first-order chi connectivity index (χ1) is 12.8.